The average Bonchev–Trinajstić information content (AvgIpc) is 2.36. The van der Waals surface area contributed by atoms with Gasteiger partial charge in [-0.1, -0.05) is 0 Å². The van der Waals surface area contributed by atoms with E-state index in [1.807, 2.05) is 0 Å². The molecule has 128 valence electrons. The summed E-state index contributed by atoms with van der Waals surface area (Å²) < 4.78 is 102. The lowest BCUT2D eigenvalue weighted by molar-refractivity contribution is -0.134. The van der Waals surface area contributed by atoms with E-state index in [-0.39, 0.29) is 38.9 Å². The van der Waals surface area contributed by atoms with Gasteiger partial charge in [-0.05, 0) is 25.7 Å². The topological polar surface area (TPSA) is 9.23 Å². The number of unbranched alkanes of at least 4 members (excludes halogenated alkanes) is 2. The van der Waals surface area contributed by atoms with Gasteiger partial charge in [-0.15, -0.1) is 0 Å². The summed E-state index contributed by atoms with van der Waals surface area (Å²) in [5, 5.41) is 0. The molecule has 0 fully saturated rings. The van der Waals surface area contributed by atoms with Gasteiger partial charge in [0.2, 0.25) is 0 Å². The van der Waals surface area contributed by atoms with Gasteiger partial charge in [0.15, 0.2) is 0 Å². The number of ether oxygens (including phenoxy) is 1. The zero-order valence-electron chi connectivity index (χ0n) is 11.2. The van der Waals surface area contributed by atoms with Crippen molar-refractivity contribution in [3.8, 4) is 0 Å². The first-order chi connectivity index (χ1) is 9.59. The molecule has 0 amide bonds. The van der Waals surface area contributed by atoms with E-state index in [4.69, 9.17) is 4.74 Å². The highest BCUT2D eigenvalue weighted by Gasteiger charge is 2.40. The Balaban J connectivity index is 3.46. The Morgan fingerprint density at radius 2 is 0.952 bits per heavy atom. The fraction of sp³-hybridized carbons (Fsp3) is 1.00. The van der Waals surface area contributed by atoms with E-state index in [2.05, 4.69) is 0 Å². The third-order valence-corrected chi connectivity index (χ3v) is 2.74. The van der Waals surface area contributed by atoms with Gasteiger partial charge < -0.3 is 4.74 Å². The standard InChI is InChI=1S/C12H18F8O/c13-9(14)11(17,18)5-1-3-7-21-8-4-2-6-12(19,20)10(15)16/h9-10H,1-8H2. The highest BCUT2D eigenvalue weighted by molar-refractivity contribution is 4.69. The second kappa shape index (κ2) is 9.42. The Hall–Kier alpha value is -0.600. The van der Waals surface area contributed by atoms with Crippen LogP contribution in [0.3, 0.4) is 0 Å². The van der Waals surface area contributed by atoms with E-state index in [0.29, 0.717) is 0 Å². The molecule has 9 heteroatoms. The number of hydrogen-bond acceptors (Lipinski definition) is 1. The van der Waals surface area contributed by atoms with Gasteiger partial charge in [0.1, 0.15) is 0 Å². The molecule has 0 aromatic rings. The number of halogens is 8. The Morgan fingerprint density at radius 3 is 1.24 bits per heavy atom. The van der Waals surface area contributed by atoms with E-state index >= 15 is 0 Å². The van der Waals surface area contributed by atoms with Gasteiger partial charge in [-0.3, -0.25) is 0 Å². The summed E-state index contributed by atoms with van der Waals surface area (Å²) in [5.74, 6) is -8.03. The summed E-state index contributed by atoms with van der Waals surface area (Å²) in [5.41, 5.74) is 0. The fourth-order valence-corrected chi connectivity index (χ4v) is 1.45. The Morgan fingerprint density at radius 1 is 0.619 bits per heavy atom. The number of alkyl halides is 8. The summed E-state index contributed by atoms with van der Waals surface area (Å²) in [6, 6.07) is 0. The van der Waals surface area contributed by atoms with Crippen LogP contribution in [-0.4, -0.2) is 37.9 Å². The van der Waals surface area contributed by atoms with Crippen molar-refractivity contribution in [2.45, 2.75) is 63.2 Å². The molecule has 0 bridgehead atoms. The lowest BCUT2D eigenvalue weighted by atomic mass is 10.1. The first kappa shape index (κ1) is 20.4. The molecule has 0 aliphatic rings. The fourth-order valence-electron chi connectivity index (χ4n) is 1.45. The average molecular weight is 330 g/mol. The third-order valence-electron chi connectivity index (χ3n) is 2.74. The van der Waals surface area contributed by atoms with Crippen LogP contribution in [0.2, 0.25) is 0 Å². The summed E-state index contributed by atoms with van der Waals surface area (Å²) in [6.45, 7) is 0.0646. The van der Waals surface area contributed by atoms with Crippen LogP contribution < -0.4 is 0 Å². The van der Waals surface area contributed by atoms with Gasteiger partial charge in [-0.2, -0.15) is 0 Å². The highest BCUT2D eigenvalue weighted by Crippen LogP contribution is 2.29. The maximum atomic E-state index is 12.5. The molecule has 0 aromatic carbocycles. The van der Waals surface area contributed by atoms with E-state index in [1.54, 1.807) is 0 Å². The van der Waals surface area contributed by atoms with Crippen LogP contribution >= 0.6 is 0 Å². The zero-order chi connectivity index (χ0) is 16.5. The van der Waals surface area contributed by atoms with Gasteiger partial charge >= 0.3 is 24.7 Å². The van der Waals surface area contributed by atoms with E-state index in [1.165, 1.54) is 0 Å². The third kappa shape index (κ3) is 9.10. The van der Waals surface area contributed by atoms with Crippen LogP contribution in [0.5, 0.6) is 0 Å². The molecular formula is C12H18F8O. The molecule has 0 aliphatic carbocycles. The maximum absolute atomic E-state index is 12.5. The zero-order valence-corrected chi connectivity index (χ0v) is 11.2. The summed E-state index contributed by atoms with van der Waals surface area (Å²) >= 11 is 0. The van der Waals surface area contributed by atoms with Crippen molar-refractivity contribution in [2.24, 2.45) is 0 Å². The molecular weight excluding hydrogens is 312 g/mol. The second-order valence-corrected chi connectivity index (χ2v) is 4.65. The van der Waals surface area contributed by atoms with Gasteiger partial charge in [0.05, 0.1) is 0 Å². The summed E-state index contributed by atoms with van der Waals surface area (Å²) in [4.78, 5) is 0. The molecule has 0 aliphatic heterocycles. The number of rotatable bonds is 12. The lowest BCUT2D eigenvalue weighted by Crippen LogP contribution is -2.26. The van der Waals surface area contributed by atoms with Gasteiger partial charge in [-0.25, -0.2) is 35.1 Å². The van der Waals surface area contributed by atoms with Crippen LogP contribution in [0.1, 0.15) is 38.5 Å². The molecule has 0 atom stereocenters. The van der Waals surface area contributed by atoms with Crippen molar-refractivity contribution in [2.75, 3.05) is 13.2 Å². The van der Waals surface area contributed by atoms with Crippen molar-refractivity contribution in [3.63, 3.8) is 0 Å². The van der Waals surface area contributed by atoms with E-state index in [0.717, 1.165) is 0 Å². The SMILES string of the molecule is FC(F)C(F)(F)CCCCOCCCCC(F)(F)C(F)F. The van der Waals surface area contributed by atoms with Crippen molar-refractivity contribution >= 4 is 0 Å². The highest BCUT2D eigenvalue weighted by atomic mass is 19.3. The first-order valence-corrected chi connectivity index (χ1v) is 6.49. The van der Waals surface area contributed by atoms with Crippen LogP contribution in [-0.2, 0) is 4.74 Å². The molecule has 0 aromatic heterocycles. The van der Waals surface area contributed by atoms with Gasteiger partial charge in [0, 0.05) is 26.1 Å². The number of hydrogen-bond donors (Lipinski definition) is 0. The summed E-state index contributed by atoms with van der Waals surface area (Å²) in [6.07, 6.45) is -9.33. The van der Waals surface area contributed by atoms with Crippen molar-refractivity contribution in [1.29, 1.82) is 0 Å². The Kier molecular flexibility index (Phi) is 9.15. The molecule has 0 N–H and O–H groups in total. The molecule has 0 heterocycles. The van der Waals surface area contributed by atoms with Crippen LogP contribution in [0, 0.1) is 0 Å². The minimum atomic E-state index is -4.01. The second-order valence-electron chi connectivity index (χ2n) is 4.65. The molecule has 0 spiro atoms. The van der Waals surface area contributed by atoms with Crippen LogP contribution in [0.15, 0.2) is 0 Å². The molecule has 0 rings (SSSR count). The minimum Gasteiger partial charge on any atom is -0.381 e. The van der Waals surface area contributed by atoms with Crippen molar-refractivity contribution in [1.82, 2.24) is 0 Å². The molecule has 1 nitrogen and oxygen atoms in total. The Labute approximate surface area is 117 Å². The maximum Gasteiger partial charge on any atom is 0.307 e. The molecule has 0 radical (unpaired) electrons. The molecule has 21 heavy (non-hydrogen) atoms. The van der Waals surface area contributed by atoms with E-state index in [9.17, 15) is 35.1 Å². The summed E-state index contributed by atoms with van der Waals surface area (Å²) in [7, 11) is 0. The molecule has 0 saturated heterocycles. The molecule has 0 saturated carbocycles. The van der Waals surface area contributed by atoms with Crippen molar-refractivity contribution in [3.05, 3.63) is 0 Å². The largest absolute Gasteiger partial charge is 0.381 e. The Bertz CT molecular complexity index is 244. The van der Waals surface area contributed by atoms with Crippen LogP contribution in [0.4, 0.5) is 35.1 Å². The molecule has 0 unspecified atom stereocenters. The lowest BCUT2D eigenvalue weighted by Gasteiger charge is -2.15. The predicted octanol–water partition coefficient (Wildman–Crippen LogP) is 5.14. The van der Waals surface area contributed by atoms with Gasteiger partial charge in [0.25, 0.3) is 0 Å². The predicted molar refractivity (Wildman–Crippen MR) is 60.4 cm³/mol. The quantitative estimate of drug-likeness (QED) is 0.355. The van der Waals surface area contributed by atoms with Crippen LogP contribution in [0.25, 0.3) is 0 Å². The monoisotopic (exact) mass is 330 g/mol. The first-order valence-electron chi connectivity index (χ1n) is 6.49. The van der Waals surface area contributed by atoms with Crippen molar-refractivity contribution < 1.29 is 39.9 Å². The smallest absolute Gasteiger partial charge is 0.307 e. The normalized spacial score (nSPS) is 13.4. The van der Waals surface area contributed by atoms with E-state index < -0.39 is 37.5 Å². The minimum absolute atomic E-state index is 0.0323.